The first-order valence-corrected chi connectivity index (χ1v) is 7.13. The van der Waals surface area contributed by atoms with Crippen LogP contribution in [0.25, 0.3) is 5.69 Å². The van der Waals surface area contributed by atoms with Crippen LogP contribution in [0.5, 0.6) is 0 Å². The molecular weight excluding hydrogens is 266 g/mol. The van der Waals surface area contributed by atoms with Gasteiger partial charge in [0.25, 0.3) is 0 Å². The van der Waals surface area contributed by atoms with Crippen molar-refractivity contribution >= 4 is 11.7 Å². The zero-order valence-corrected chi connectivity index (χ0v) is 11.8. The van der Waals surface area contributed by atoms with Crippen molar-refractivity contribution in [1.29, 1.82) is 0 Å². The van der Waals surface area contributed by atoms with Crippen molar-refractivity contribution in [3.8, 4) is 5.69 Å². The molecule has 6 heteroatoms. The third-order valence-electron chi connectivity index (χ3n) is 3.79. The van der Waals surface area contributed by atoms with Gasteiger partial charge in [0.2, 0.25) is 0 Å². The van der Waals surface area contributed by atoms with Crippen LogP contribution in [0.3, 0.4) is 0 Å². The molecule has 3 rings (SSSR count). The summed E-state index contributed by atoms with van der Waals surface area (Å²) in [6.45, 7) is 1.43. The van der Waals surface area contributed by atoms with E-state index in [1.807, 2.05) is 35.1 Å². The number of piperidine rings is 1. The molecule has 2 amide bonds. The number of hydrogen-bond donors (Lipinski definition) is 2. The molecule has 1 aliphatic rings. The fourth-order valence-electron chi connectivity index (χ4n) is 2.64. The normalized spacial score (nSPS) is 15.9. The molecule has 21 heavy (non-hydrogen) atoms. The molecule has 1 fully saturated rings. The quantitative estimate of drug-likeness (QED) is 0.903. The second kappa shape index (κ2) is 5.87. The molecule has 0 spiro atoms. The van der Waals surface area contributed by atoms with Crippen LogP contribution in [0.15, 0.2) is 42.7 Å². The highest BCUT2D eigenvalue weighted by Gasteiger charge is 2.20. The number of amides is 2. The van der Waals surface area contributed by atoms with E-state index in [4.69, 9.17) is 5.73 Å². The van der Waals surface area contributed by atoms with Gasteiger partial charge in [0, 0.05) is 37.2 Å². The first-order valence-electron chi connectivity index (χ1n) is 7.13. The third-order valence-corrected chi connectivity index (χ3v) is 3.79. The SMILES string of the molecule is NC(=O)N1CCC(Nc2cccc(-n3cccn3)c2)CC1. The van der Waals surface area contributed by atoms with Crippen molar-refractivity contribution in [3.63, 3.8) is 0 Å². The number of likely N-dealkylation sites (tertiary alicyclic amines) is 1. The molecule has 6 nitrogen and oxygen atoms in total. The van der Waals surface area contributed by atoms with Crippen LogP contribution in [-0.2, 0) is 0 Å². The fourth-order valence-corrected chi connectivity index (χ4v) is 2.64. The van der Waals surface area contributed by atoms with Crippen LogP contribution < -0.4 is 11.1 Å². The number of carbonyl (C=O) groups is 1. The Morgan fingerprint density at radius 2 is 2.10 bits per heavy atom. The van der Waals surface area contributed by atoms with Gasteiger partial charge in [0.05, 0.1) is 5.69 Å². The lowest BCUT2D eigenvalue weighted by Gasteiger charge is -2.31. The largest absolute Gasteiger partial charge is 0.382 e. The van der Waals surface area contributed by atoms with Gasteiger partial charge in [-0.25, -0.2) is 9.48 Å². The van der Waals surface area contributed by atoms with Crippen molar-refractivity contribution in [2.24, 2.45) is 5.73 Å². The van der Waals surface area contributed by atoms with Crippen LogP contribution in [-0.4, -0.2) is 39.8 Å². The molecule has 1 saturated heterocycles. The van der Waals surface area contributed by atoms with E-state index in [0.29, 0.717) is 19.1 Å². The Morgan fingerprint density at radius 3 is 2.76 bits per heavy atom. The Labute approximate surface area is 123 Å². The van der Waals surface area contributed by atoms with Gasteiger partial charge in [-0.15, -0.1) is 0 Å². The van der Waals surface area contributed by atoms with Gasteiger partial charge < -0.3 is 16.0 Å². The third kappa shape index (κ3) is 3.16. The van der Waals surface area contributed by atoms with E-state index in [9.17, 15) is 4.79 Å². The van der Waals surface area contributed by atoms with Gasteiger partial charge in [-0.05, 0) is 37.1 Å². The second-order valence-corrected chi connectivity index (χ2v) is 5.24. The van der Waals surface area contributed by atoms with Crippen molar-refractivity contribution in [3.05, 3.63) is 42.7 Å². The number of primary amides is 1. The summed E-state index contributed by atoms with van der Waals surface area (Å²) >= 11 is 0. The Bertz CT molecular complexity index is 602. The Balaban J connectivity index is 1.64. The lowest BCUT2D eigenvalue weighted by Crippen LogP contribution is -2.44. The Kier molecular flexibility index (Phi) is 3.77. The molecule has 2 heterocycles. The fraction of sp³-hybridized carbons (Fsp3) is 0.333. The summed E-state index contributed by atoms with van der Waals surface area (Å²) in [6.07, 6.45) is 5.51. The number of nitrogens with two attached hydrogens (primary N) is 1. The average molecular weight is 285 g/mol. The lowest BCUT2D eigenvalue weighted by molar-refractivity contribution is 0.193. The molecule has 1 aromatic heterocycles. The molecule has 2 aromatic rings. The van der Waals surface area contributed by atoms with Gasteiger partial charge >= 0.3 is 6.03 Å². The van der Waals surface area contributed by atoms with Crippen LogP contribution >= 0.6 is 0 Å². The van der Waals surface area contributed by atoms with Crippen molar-refractivity contribution in [2.75, 3.05) is 18.4 Å². The number of nitrogens with one attached hydrogen (secondary N) is 1. The monoisotopic (exact) mass is 285 g/mol. The molecule has 0 saturated carbocycles. The maximum Gasteiger partial charge on any atom is 0.314 e. The molecule has 0 atom stereocenters. The number of hydrogen-bond acceptors (Lipinski definition) is 3. The van der Waals surface area contributed by atoms with Crippen LogP contribution in [0.1, 0.15) is 12.8 Å². The van der Waals surface area contributed by atoms with Gasteiger partial charge in [0.1, 0.15) is 0 Å². The number of urea groups is 1. The molecule has 0 bridgehead atoms. The summed E-state index contributed by atoms with van der Waals surface area (Å²) in [5.41, 5.74) is 7.39. The number of carbonyl (C=O) groups excluding carboxylic acids is 1. The number of rotatable bonds is 3. The minimum Gasteiger partial charge on any atom is -0.382 e. The van der Waals surface area contributed by atoms with Crippen LogP contribution in [0, 0.1) is 0 Å². The van der Waals surface area contributed by atoms with Gasteiger partial charge in [-0.1, -0.05) is 6.07 Å². The highest BCUT2D eigenvalue weighted by Crippen LogP contribution is 2.19. The number of benzene rings is 1. The molecule has 1 aliphatic heterocycles. The van der Waals surface area contributed by atoms with E-state index in [-0.39, 0.29) is 6.03 Å². The highest BCUT2D eigenvalue weighted by atomic mass is 16.2. The van der Waals surface area contributed by atoms with Crippen molar-refractivity contribution in [2.45, 2.75) is 18.9 Å². The summed E-state index contributed by atoms with van der Waals surface area (Å²) in [5.74, 6) is 0. The van der Waals surface area contributed by atoms with Crippen LogP contribution in [0.4, 0.5) is 10.5 Å². The maximum atomic E-state index is 11.1. The van der Waals surface area contributed by atoms with Crippen LogP contribution in [0.2, 0.25) is 0 Å². The summed E-state index contributed by atoms with van der Waals surface area (Å²) in [7, 11) is 0. The molecular formula is C15H19N5O. The van der Waals surface area contributed by atoms with Gasteiger partial charge in [0.15, 0.2) is 0 Å². The van der Waals surface area contributed by atoms with E-state index in [2.05, 4.69) is 16.5 Å². The Morgan fingerprint density at radius 1 is 1.29 bits per heavy atom. The van der Waals surface area contributed by atoms with E-state index in [1.54, 1.807) is 11.1 Å². The van der Waals surface area contributed by atoms with E-state index >= 15 is 0 Å². The maximum absolute atomic E-state index is 11.1. The summed E-state index contributed by atoms with van der Waals surface area (Å²) < 4.78 is 1.83. The van der Waals surface area contributed by atoms with Gasteiger partial charge in [-0.3, -0.25) is 0 Å². The van der Waals surface area contributed by atoms with Crippen molar-refractivity contribution in [1.82, 2.24) is 14.7 Å². The standard InChI is InChI=1S/C15H19N5O/c16-15(21)19-9-5-12(6-10-19)18-13-3-1-4-14(11-13)20-8-2-7-17-20/h1-4,7-8,11-12,18H,5-6,9-10H2,(H2,16,21). The molecule has 0 radical (unpaired) electrons. The molecule has 0 aliphatic carbocycles. The first-order chi connectivity index (χ1) is 10.2. The zero-order chi connectivity index (χ0) is 14.7. The highest BCUT2D eigenvalue weighted by molar-refractivity contribution is 5.72. The molecule has 110 valence electrons. The average Bonchev–Trinajstić information content (AvgIpc) is 3.02. The molecule has 0 unspecified atom stereocenters. The van der Waals surface area contributed by atoms with E-state index in [1.165, 1.54) is 0 Å². The van der Waals surface area contributed by atoms with Gasteiger partial charge in [-0.2, -0.15) is 5.10 Å². The smallest absolute Gasteiger partial charge is 0.314 e. The topological polar surface area (TPSA) is 76.2 Å². The predicted molar refractivity (Wildman–Crippen MR) is 81.4 cm³/mol. The summed E-state index contributed by atoms with van der Waals surface area (Å²) in [4.78, 5) is 12.8. The lowest BCUT2D eigenvalue weighted by atomic mass is 10.0. The van der Waals surface area contributed by atoms with E-state index in [0.717, 1.165) is 24.2 Å². The number of aromatic nitrogens is 2. The minimum atomic E-state index is -0.325. The Hall–Kier alpha value is -2.50. The molecule has 3 N–H and O–H groups in total. The summed E-state index contributed by atoms with van der Waals surface area (Å²) in [5, 5.41) is 7.76. The molecule has 1 aromatic carbocycles. The predicted octanol–water partition coefficient (Wildman–Crippen LogP) is 1.83. The minimum absolute atomic E-state index is 0.325. The first kappa shape index (κ1) is 13.5. The zero-order valence-electron chi connectivity index (χ0n) is 11.8. The second-order valence-electron chi connectivity index (χ2n) is 5.24. The van der Waals surface area contributed by atoms with E-state index < -0.39 is 0 Å². The van der Waals surface area contributed by atoms with Crippen molar-refractivity contribution < 1.29 is 4.79 Å². The number of nitrogens with zero attached hydrogens (tertiary/aromatic N) is 3. The summed E-state index contributed by atoms with van der Waals surface area (Å²) in [6, 6.07) is 10.1. The number of anilines is 1.